The molecule has 1 saturated heterocycles. The number of aliphatic carboxylic acids is 1. The number of nitrogens with zero attached hydrogens (tertiary/aromatic N) is 4. The standard InChI is InChI=1S/C51H76FN5O11/c1-12-31(6)47(55(9)50(64)35(29(2)3)27-40(58)46(30(4)5)54(8)42(59)20-14-13-17-23-56-43(60)21-22-44(56)61)41(67-10)28-45(62)57-38-25-34(38)26-39(57)48(68-11)32(7)49(63)53-37(51(65)66)24-33-18-15-16-19-36(33)52/h15-16,18-19,21-22,29-32,34-35,37-39,41,46-48H,12-14,17,20,23-28H2,1-11H3,(H,53,63)(H,65,66)/t31-,32+,34-,35-,37-,38-,39-,41+,46-,47-,48+/m0/s1. The fraction of sp³-hybridized carbons (Fsp3) is 0.686. The number of rotatable bonds is 28. The maximum atomic E-state index is 14.7. The smallest absolute Gasteiger partial charge is 0.326 e. The van der Waals surface area contributed by atoms with Gasteiger partial charge in [-0.2, -0.15) is 0 Å². The Morgan fingerprint density at radius 3 is 2.07 bits per heavy atom. The molecule has 17 heteroatoms. The predicted octanol–water partition coefficient (Wildman–Crippen LogP) is 5.06. The molecule has 2 aliphatic heterocycles. The van der Waals surface area contributed by atoms with Crippen LogP contribution in [0.1, 0.15) is 112 Å². The number of carboxylic acids is 1. The second-order valence-corrected chi connectivity index (χ2v) is 19.8. The van der Waals surface area contributed by atoms with Crippen LogP contribution in [0, 0.1) is 41.3 Å². The van der Waals surface area contributed by atoms with Crippen molar-refractivity contribution >= 4 is 47.2 Å². The molecule has 0 unspecified atom stereocenters. The van der Waals surface area contributed by atoms with Gasteiger partial charge in [-0.05, 0) is 61.0 Å². The molecule has 1 aliphatic carbocycles. The van der Waals surface area contributed by atoms with Crippen LogP contribution in [0.2, 0.25) is 0 Å². The maximum Gasteiger partial charge on any atom is 0.326 e. The van der Waals surface area contributed by atoms with Gasteiger partial charge in [0.1, 0.15) is 11.9 Å². The molecule has 0 spiro atoms. The van der Waals surface area contributed by atoms with Gasteiger partial charge in [-0.25, -0.2) is 9.18 Å². The summed E-state index contributed by atoms with van der Waals surface area (Å²) in [6.45, 7) is 13.4. The number of likely N-dealkylation sites (N-methyl/N-ethyl adjacent to an activating group) is 2. The summed E-state index contributed by atoms with van der Waals surface area (Å²) in [6.07, 6.45) is 4.40. The third kappa shape index (κ3) is 13.6. The third-order valence-electron chi connectivity index (χ3n) is 14.6. The lowest BCUT2D eigenvalue weighted by Crippen LogP contribution is -2.55. The SMILES string of the molecule is CC[C@H](C)[C@@H]([C@@H](CC(=O)N1[C@H]2C[C@H]2C[C@H]1[C@H](OC)[C@@H](C)C(=O)N[C@@H](Cc1ccccc1F)C(=O)O)OC)N(C)C(=O)[C@@H](CC(=O)[C@H](C(C)C)N(C)C(=O)CCCCCN1C(=O)C=CC1=O)C(C)C. The number of ketones is 1. The summed E-state index contributed by atoms with van der Waals surface area (Å²) >= 11 is 0. The Kier molecular flexibility index (Phi) is 20.4. The molecule has 0 radical (unpaired) electrons. The quantitative estimate of drug-likeness (QED) is 0.0841. The van der Waals surface area contributed by atoms with Crippen LogP contribution in [0.15, 0.2) is 36.4 Å². The van der Waals surface area contributed by atoms with E-state index in [9.17, 15) is 47.9 Å². The van der Waals surface area contributed by atoms with Crippen molar-refractivity contribution < 1.29 is 57.3 Å². The molecular weight excluding hydrogens is 878 g/mol. The number of carbonyl (C=O) groups excluding carboxylic acids is 7. The number of hydrogen-bond donors (Lipinski definition) is 2. The molecule has 11 atom stereocenters. The van der Waals surface area contributed by atoms with Crippen LogP contribution >= 0.6 is 0 Å². The number of hydrogen-bond acceptors (Lipinski definition) is 10. The average molecular weight is 954 g/mol. The van der Waals surface area contributed by atoms with E-state index < -0.39 is 65.9 Å². The molecule has 1 aromatic rings. The highest BCUT2D eigenvalue weighted by Crippen LogP contribution is 2.50. The van der Waals surface area contributed by atoms with Gasteiger partial charge in [0.25, 0.3) is 11.8 Å². The van der Waals surface area contributed by atoms with Crippen molar-refractivity contribution in [3.05, 3.63) is 47.8 Å². The van der Waals surface area contributed by atoms with E-state index in [1.165, 1.54) is 54.4 Å². The number of likely N-dealkylation sites (tertiary alicyclic amines) is 1. The maximum absolute atomic E-state index is 14.7. The molecule has 0 aromatic heterocycles. The molecule has 1 aromatic carbocycles. The summed E-state index contributed by atoms with van der Waals surface area (Å²) in [4.78, 5) is 113. The fourth-order valence-electron chi connectivity index (χ4n) is 10.3. The summed E-state index contributed by atoms with van der Waals surface area (Å²) in [5, 5.41) is 12.5. The summed E-state index contributed by atoms with van der Waals surface area (Å²) < 4.78 is 26.4. The lowest BCUT2D eigenvalue weighted by atomic mass is 9.83. The van der Waals surface area contributed by atoms with Crippen molar-refractivity contribution in [3.63, 3.8) is 0 Å². The van der Waals surface area contributed by atoms with Crippen LogP contribution < -0.4 is 5.32 Å². The number of ether oxygens (including phenoxy) is 2. The molecule has 6 amide bonds. The minimum absolute atomic E-state index is 0.0705. The molecule has 2 heterocycles. The number of methoxy groups -OCH3 is 2. The van der Waals surface area contributed by atoms with Crippen molar-refractivity contribution in [2.75, 3.05) is 34.9 Å². The van der Waals surface area contributed by atoms with Crippen LogP contribution in [0.5, 0.6) is 0 Å². The Balaban J connectivity index is 1.44. The number of halogens is 1. The largest absolute Gasteiger partial charge is 0.480 e. The zero-order valence-corrected chi connectivity index (χ0v) is 41.9. The minimum Gasteiger partial charge on any atom is -0.480 e. The zero-order chi connectivity index (χ0) is 50.7. The first-order valence-electron chi connectivity index (χ1n) is 24.3. The zero-order valence-electron chi connectivity index (χ0n) is 41.9. The topological polar surface area (TPSA) is 200 Å². The van der Waals surface area contributed by atoms with Crippen molar-refractivity contribution in [1.82, 2.24) is 24.9 Å². The average Bonchev–Trinajstić information content (AvgIpc) is 3.84. The second-order valence-electron chi connectivity index (χ2n) is 19.8. The van der Waals surface area contributed by atoms with Gasteiger partial charge in [-0.3, -0.25) is 38.5 Å². The van der Waals surface area contributed by atoms with E-state index in [0.29, 0.717) is 32.1 Å². The summed E-state index contributed by atoms with van der Waals surface area (Å²) in [5.41, 5.74) is 0.150. The van der Waals surface area contributed by atoms with E-state index in [2.05, 4.69) is 5.32 Å². The summed E-state index contributed by atoms with van der Waals surface area (Å²) in [7, 11) is 6.26. The monoisotopic (exact) mass is 954 g/mol. The molecule has 3 aliphatic rings. The Morgan fingerprint density at radius 2 is 1.51 bits per heavy atom. The number of carbonyl (C=O) groups is 8. The number of carboxylic acid groups (broad SMARTS) is 1. The van der Waals surface area contributed by atoms with Crippen LogP contribution in [-0.4, -0.2) is 149 Å². The predicted molar refractivity (Wildman–Crippen MR) is 252 cm³/mol. The molecule has 68 heavy (non-hydrogen) atoms. The third-order valence-corrected chi connectivity index (χ3v) is 14.6. The summed E-state index contributed by atoms with van der Waals surface area (Å²) in [6, 6.07) is 2.47. The molecule has 2 fully saturated rings. The number of imide groups is 1. The van der Waals surface area contributed by atoms with Gasteiger partial charge in [-0.1, -0.05) is 79.5 Å². The lowest BCUT2D eigenvalue weighted by Gasteiger charge is -2.41. The van der Waals surface area contributed by atoms with E-state index in [0.717, 1.165) is 6.42 Å². The summed E-state index contributed by atoms with van der Waals surface area (Å²) in [5.74, 6) is -6.15. The van der Waals surface area contributed by atoms with Crippen LogP contribution in [0.3, 0.4) is 0 Å². The van der Waals surface area contributed by atoms with Gasteiger partial charge in [0.15, 0.2) is 5.78 Å². The molecule has 2 N–H and O–H groups in total. The highest BCUT2D eigenvalue weighted by molar-refractivity contribution is 6.12. The van der Waals surface area contributed by atoms with E-state index in [4.69, 9.17) is 9.47 Å². The van der Waals surface area contributed by atoms with E-state index >= 15 is 0 Å². The number of piperidine rings is 1. The van der Waals surface area contributed by atoms with Gasteiger partial charge in [0.05, 0.1) is 42.7 Å². The Labute approximate surface area is 401 Å². The molecular formula is C51H76FN5O11. The van der Waals surface area contributed by atoms with Crippen molar-refractivity contribution in [1.29, 1.82) is 0 Å². The Bertz CT molecular complexity index is 1990. The number of Topliss-reactive ketones (excluding diaryl/α,β-unsaturated/α-hetero) is 1. The molecule has 4 rings (SSSR count). The number of benzene rings is 1. The Hall–Kier alpha value is -5.03. The van der Waals surface area contributed by atoms with Gasteiger partial charge in [0.2, 0.25) is 23.6 Å². The highest BCUT2D eigenvalue weighted by Gasteiger charge is 2.57. The molecule has 378 valence electrons. The fourth-order valence-corrected chi connectivity index (χ4v) is 10.3. The number of nitrogens with one attached hydrogen (secondary N) is 1. The van der Waals surface area contributed by atoms with Crippen LogP contribution in [0.4, 0.5) is 4.39 Å². The number of unbranched alkanes of at least 4 members (excludes halogenated alkanes) is 2. The normalized spacial score (nSPS) is 21.2. The molecule has 16 nitrogen and oxygen atoms in total. The molecule has 0 bridgehead atoms. The minimum atomic E-state index is -1.40. The first-order valence-corrected chi connectivity index (χ1v) is 24.3. The first kappa shape index (κ1) is 55.6. The highest BCUT2D eigenvalue weighted by atomic mass is 19.1. The second kappa shape index (κ2) is 25.0. The van der Waals surface area contributed by atoms with E-state index in [1.807, 2.05) is 41.5 Å². The van der Waals surface area contributed by atoms with Crippen LogP contribution in [-0.2, 0) is 54.3 Å². The van der Waals surface area contributed by atoms with Crippen molar-refractivity contribution in [3.8, 4) is 0 Å². The lowest BCUT2D eigenvalue weighted by molar-refractivity contribution is -0.150. The van der Waals surface area contributed by atoms with E-state index in [-0.39, 0.29) is 103 Å². The van der Waals surface area contributed by atoms with Crippen molar-refractivity contribution in [2.24, 2.45) is 35.5 Å². The number of amides is 6. The van der Waals surface area contributed by atoms with Gasteiger partial charge < -0.3 is 34.6 Å². The Morgan fingerprint density at radius 1 is 0.868 bits per heavy atom. The van der Waals surface area contributed by atoms with Gasteiger partial charge in [-0.15, -0.1) is 0 Å². The van der Waals surface area contributed by atoms with Gasteiger partial charge in [0, 0.05) is 78.2 Å². The van der Waals surface area contributed by atoms with Crippen LogP contribution in [0.25, 0.3) is 0 Å². The van der Waals surface area contributed by atoms with E-state index in [1.54, 1.807) is 36.9 Å². The molecule has 1 saturated carbocycles. The van der Waals surface area contributed by atoms with Crippen molar-refractivity contribution in [2.45, 2.75) is 155 Å². The first-order chi connectivity index (χ1) is 32.1. The van der Waals surface area contributed by atoms with Gasteiger partial charge >= 0.3 is 5.97 Å². The number of fused-ring (bicyclic) bond motifs is 1.